The molecule has 1 heterocycles. The molecule has 6 heteroatoms. The molecular weight excluding hydrogens is 314 g/mol. The number of aromatic nitrogens is 1. The van der Waals surface area contributed by atoms with E-state index in [1.165, 1.54) is 0 Å². The number of ether oxygens (including phenoxy) is 1. The first kappa shape index (κ1) is 16.7. The zero-order valence-corrected chi connectivity index (χ0v) is 13.4. The van der Waals surface area contributed by atoms with Crippen molar-refractivity contribution in [3.8, 4) is 17.6 Å². The summed E-state index contributed by atoms with van der Waals surface area (Å²) < 4.78 is 5.40. The highest BCUT2D eigenvalue weighted by Gasteiger charge is 1.99. The van der Waals surface area contributed by atoms with Gasteiger partial charge in [-0.1, -0.05) is 29.5 Å². The summed E-state index contributed by atoms with van der Waals surface area (Å²) in [5.41, 5.74) is 1.55. The second kappa shape index (κ2) is 8.66. The quantitative estimate of drug-likeness (QED) is 0.846. The van der Waals surface area contributed by atoms with Crippen molar-refractivity contribution in [2.24, 2.45) is 0 Å². The summed E-state index contributed by atoms with van der Waals surface area (Å²) in [6.45, 7) is 2.37. The molecule has 0 saturated carbocycles. The van der Waals surface area contributed by atoms with Crippen molar-refractivity contribution >= 4 is 23.3 Å². The molecule has 2 amide bonds. The zero-order valence-electron chi connectivity index (χ0n) is 12.6. The molecule has 5 nitrogen and oxygen atoms in total. The fourth-order valence-electron chi connectivity index (χ4n) is 1.64. The lowest BCUT2D eigenvalue weighted by Crippen LogP contribution is -2.28. The van der Waals surface area contributed by atoms with Crippen LogP contribution < -0.4 is 15.4 Å². The van der Waals surface area contributed by atoms with Gasteiger partial charge in [-0.3, -0.25) is 4.98 Å². The molecule has 118 valence electrons. The standard InChI is InChI=1S/C17H16ClN3O2/c1-13-7-8-16(12-20-13)23-10-3-2-9-19-17(22)21-15-6-4-5-14(18)11-15/h4-8,11-12H,9-10H2,1H3,(H2,19,21,22). The van der Waals surface area contributed by atoms with Crippen LogP contribution in [0.15, 0.2) is 42.6 Å². The van der Waals surface area contributed by atoms with E-state index in [1.54, 1.807) is 30.5 Å². The number of aryl methyl sites for hydroxylation is 1. The van der Waals surface area contributed by atoms with Crippen molar-refractivity contribution in [1.29, 1.82) is 0 Å². The molecule has 23 heavy (non-hydrogen) atoms. The van der Waals surface area contributed by atoms with Gasteiger partial charge in [0, 0.05) is 16.4 Å². The highest BCUT2D eigenvalue weighted by atomic mass is 35.5. The van der Waals surface area contributed by atoms with Crippen LogP contribution in [0.1, 0.15) is 5.69 Å². The number of anilines is 1. The van der Waals surface area contributed by atoms with Gasteiger partial charge >= 0.3 is 6.03 Å². The second-order valence-electron chi connectivity index (χ2n) is 4.60. The van der Waals surface area contributed by atoms with Crippen LogP contribution in [-0.2, 0) is 0 Å². The molecule has 0 unspecified atom stereocenters. The number of urea groups is 1. The van der Waals surface area contributed by atoms with Gasteiger partial charge in [-0.15, -0.1) is 0 Å². The van der Waals surface area contributed by atoms with Crippen molar-refractivity contribution in [3.63, 3.8) is 0 Å². The molecule has 0 aliphatic rings. The van der Waals surface area contributed by atoms with Gasteiger partial charge in [-0.05, 0) is 37.3 Å². The first-order chi connectivity index (χ1) is 11.1. The molecule has 0 bridgehead atoms. The maximum absolute atomic E-state index is 11.6. The molecule has 1 aromatic carbocycles. The minimum absolute atomic E-state index is 0.224. The predicted octanol–water partition coefficient (Wildman–Crippen LogP) is 3.25. The fourth-order valence-corrected chi connectivity index (χ4v) is 1.83. The number of pyridine rings is 1. The molecule has 2 rings (SSSR count). The van der Waals surface area contributed by atoms with Crippen LogP contribution in [0.4, 0.5) is 10.5 Å². The van der Waals surface area contributed by atoms with Crippen LogP contribution in [0.25, 0.3) is 0 Å². The summed E-state index contributed by atoms with van der Waals surface area (Å²) in [7, 11) is 0. The summed E-state index contributed by atoms with van der Waals surface area (Å²) in [5.74, 6) is 6.28. The van der Waals surface area contributed by atoms with Gasteiger partial charge in [-0.2, -0.15) is 0 Å². The predicted molar refractivity (Wildman–Crippen MR) is 90.7 cm³/mol. The van der Waals surface area contributed by atoms with Crippen LogP contribution in [0.2, 0.25) is 5.02 Å². The van der Waals surface area contributed by atoms with E-state index in [0.29, 0.717) is 16.5 Å². The smallest absolute Gasteiger partial charge is 0.319 e. The Hall–Kier alpha value is -2.71. The SMILES string of the molecule is Cc1ccc(OCC#CCNC(=O)Nc2cccc(Cl)c2)cn1. The van der Waals surface area contributed by atoms with Crippen molar-refractivity contribution in [2.75, 3.05) is 18.5 Å². The van der Waals surface area contributed by atoms with E-state index in [9.17, 15) is 4.79 Å². The number of hydrogen-bond acceptors (Lipinski definition) is 3. The summed E-state index contributed by atoms with van der Waals surface area (Å²) in [6.07, 6.45) is 1.65. The molecule has 2 aromatic rings. The molecule has 0 aliphatic carbocycles. The van der Waals surface area contributed by atoms with Gasteiger partial charge < -0.3 is 15.4 Å². The third-order valence-electron chi connectivity index (χ3n) is 2.74. The van der Waals surface area contributed by atoms with Gasteiger partial charge in [0.15, 0.2) is 0 Å². The maximum atomic E-state index is 11.6. The average molecular weight is 330 g/mol. The highest BCUT2D eigenvalue weighted by molar-refractivity contribution is 6.30. The van der Waals surface area contributed by atoms with E-state index in [-0.39, 0.29) is 19.2 Å². The second-order valence-corrected chi connectivity index (χ2v) is 5.03. The first-order valence-corrected chi connectivity index (χ1v) is 7.33. The van der Waals surface area contributed by atoms with E-state index >= 15 is 0 Å². The Morgan fingerprint density at radius 2 is 2.17 bits per heavy atom. The third kappa shape index (κ3) is 6.29. The summed E-state index contributed by atoms with van der Waals surface area (Å²) in [5, 5.41) is 5.85. The van der Waals surface area contributed by atoms with Gasteiger partial charge in [-0.25, -0.2) is 4.79 Å². The molecule has 0 atom stereocenters. The van der Waals surface area contributed by atoms with E-state index < -0.39 is 0 Å². The van der Waals surface area contributed by atoms with Gasteiger partial charge in [0.05, 0.1) is 12.7 Å². The lowest BCUT2D eigenvalue weighted by Gasteiger charge is -2.05. The maximum Gasteiger partial charge on any atom is 0.319 e. The van der Waals surface area contributed by atoms with Crippen LogP contribution in [-0.4, -0.2) is 24.2 Å². The van der Waals surface area contributed by atoms with Crippen LogP contribution >= 0.6 is 11.6 Å². The van der Waals surface area contributed by atoms with E-state index in [2.05, 4.69) is 27.5 Å². The monoisotopic (exact) mass is 329 g/mol. The molecule has 1 aromatic heterocycles. The Kier molecular flexibility index (Phi) is 6.28. The molecule has 0 aliphatic heterocycles. The number of nitrogens with one attached hydrogen (secondary N) is 2. The minimum Gasteiger partial charge on any atom is -0.479 e. The number of rotatable bonds is 4. The lowest BCUT2D eigenvalue weighted by atomic mass is 10.3. The zero-order chi connectivity index (χ0) is 16.5. The molecule has 0 fully saturated rings. The number of benzene rings is 1. The number of carbonyl (C=O) groups excluding carboxylic acids is 1. The van der Waals surface area contributed by atoms with Crippen LogP contribution in [0.5, 0.6) is 5.75 Å². The largest absolute Gasteiger partial charge is 0.479 e. The van der Waals surface area contributed by atoms with Crippen molar-refractivity contribution in [2.45, 2.75) is 6.92 Å². The van der Waals surface area contributed by atoms with Gasteiger partial charge in [0.2, 0.25) is 0 Å². The molecular formula is C17H16ClN3O2. The fraction of sp³-hybridized carbons (Fsp3) is 0.176. The van der Waals surface area contributed by atoms with Crippen molar-refractivity contribution in [1.82, 2.24) is 10.3 Å². The minimum atomic E-state index is -0.342. The lowest BCUT2D eigenvalue weighted by molar-refractivity contribution is 0.253. The highest BCUT2D eigenvalue weighted by Crippen LogP contribution is 2.14. The average Bonchev–Trinajstić information content (AvgIpc) is 2.52. The number of nitrogens with zero attached hydrogens (tertiary/aromatic N) is 1. The topological polar surface area (TPSA) is 63.2 Å². The molecule has 0 saturated heterocycles. The third-order valence-corrected chi connectivity index (χ3v) is 2.98. The Bertz CT molecular complexity index is 721. The molecule has 0 radical (unpaired) electrons. The Balaban J connectivity index is 1.67. The first-order valence-electron chi connectivity index (χ1n) is 6.95. The van der Waals surface area contributed by atoms with E-state index in [1.807, 2.05) is 19.1 Å². The van der Waals surface area contributed by atoms with E-state index in [4.69, 9.17) is 16.3 Å². The number of amides is 2. The van der Waals surface area contributed by atoms with Crippen molar-refractivity contribution < 1.29 is 9.53 Å². The van der Waals surface area contributed by atoms with Crippen LogP contribution in [0, 0.1) is 18.8 Å². The number of hydrogen-bond donors (Lipinski definition) is 2. The van der Waals surface area contributed by atoms with Gasteiger partial charge in [0.1, 0.15) is 12.4 Å². The Morgan fingerprint density at radius 1 is 1.30 bits per heavy atom. The number of halogens is 1. The normalized spacial score (nSPS) is 9.48. The number of carbonyl (C=O) groups is 1. The Morgan fingerprint density at radius 3 is 2.91 bits per heavy atom. The van der Waals surface area contributed by atoms with Gasteiger partial charge in [0.25, 0.3) is 0 Å². The molecule has 2 N–H and O–H groups in total. The van der Waals surface area contributed by atoms with E-state index in [0.717, 1.165) is 5.69 Å². The molecule has 0 spiro atoms. The van der Waals surface area contributed by atoms with Crippen LogP contribution in [0.3, 0.4) is 0 Å². The summed E-state index contributed by atoms with van der Waals surface area (Å²) in [6, 6.07) is 10.3. The van der Waals surface area contributed by atoms with Crippen molar-refractivity contribution in [3.05, 3.63) is 53.3 Å². The summed E-state index contributed by atoms with van der Waals surface area (Å²) in [4.78, 5) is 15.8. The summed E-state index contributed by atoms with van der Waals surface area (Å²) >= 11 is 5.84. The Labute approximate surface area is 140 Å².